The van der Waals surface area contributed by atoms with Gasteiger partial charge >= 0.3 is 6.03 Å². The van der Waals surface area contributed by atoms with Gasteiger partial charge in [0.25, 0.3) is 0 Å². The molecule has 0 bridgehead atoms. The van der Waals surface area contributed by atoms with Crippen LogP contribution in [0.4, 0.5) is 10.5 Å². The molecule has 0 unspecified atom stereocenters. The molecule has 0 aliphatic rings. The van der Waals surface area contributed by atoms with Gasteiger partial charge in [-0.15, -0.1) is 0 Å². The van der Waals surface area contributed by atoms with E-state index in [4.69, 9.17) is 0 Å². The number of para-hydroxylation sites is 1. The number of amides is 3. The van der Waals surface area contributed by atoms with Crippen molar-refractivity contribution in [1.29, 1.82) is 0 Å². The number of rotatable bonds is 6. The lowest BCUT2D eigenvalue weighted by atomic mass is 10.1. The minimum Gasteiger partial charge on any atom is -0.334 e. The Morgan fingerprint density at radius 3 is 2.52 bits per heavy atom. The van der Waals surface area contributed by atoms with Crippen LogP contribution in [0.2, 0.25) is 0 Å². The van der Waals surface area contributed by atoms with E-state index < -0.39 is 0 Å². The number of nitrogens with one attached hydrogen (secondary N) is 2. The zero-order valence-electron chi connectivity index (χ0n) is 16.7. The largest absolute Gasteiger partial charge is 0.334 e. The minimum atomic E-state index is -0.333. The second-order valence-electron chi connectivity index (χ2n) is 6.82. The van der Waals surface area contributed by atoms with Gasteiger partial charge in [-0.1, -0.05) is 24.3 Å². The molecule has 0 radical (unpaired) electrons. The van der Waals surface area contributed by atoms with Gasteiger partial charge in [-0.05, 0) is 36.6 Å². The Balaban J connectivity index is 1.49. The van der Waals surface area contributed by atoms with Crippen LogP contribution in [0, 0.1) is 13.8 Å². The van der Waals surface area contributed by atoms with E-state index in [1.807, 2.05) is 50.4 Å². The minimum absolute atomic E-state index is 0.0442. The number of aromatic nitrogens is 3. The number of likely N-dealkylation sites (N-methyl/N-ethyl adjacent to an activating group) is 1. The molecule has 0 spiro atoms. The molecule has 3 rings (SSSR count). The molecule has 3 amide bonds. The SMILES string of the molecule is Cc1cccc(C)c1NC(=O)CN(C)C(=O)NCc1ccc(-n2ccnc2)nc1. The van der Waals surface area contributed by atoms with E-state index in [0.717, 1.165) is 28.2 Å². The second-order valence-corrected chi connectivity index (χ2v) is 6.82. The highest BCUT2D eigenvalue weighted by Crippen LogP contribution is 2.19. The van der Waals surface area contributed by atoms with Crippen LogP contribution in [0.3, 0.4) is 0 Å². The van der Waals surface area contributed by atoms with E-state index >= 15 is 0 Å². The summed E-state index contributed by atoms with van der Waals surface area (Å²) in [6, 6.07) is 9.22. The molecule has 2 heterocycles. The van der Waals surface area contributed by atoms with Crippen molar-refractivity contribution in [3.8, 4) is 5.82 Å². The van der Waals surface area contributed by atoms with Crippen molar-refractivity contribution in [3.05, 3.63) is 71.9 Å². The highest BCUT2D eigenvalue weighted by molar-refractivity contribution is 5.95. The first-order chi connectivity index (χ1) is 13.9. The van der Waals surface area contributed by atoms with Gasteiger partial charge in [0, 0.05) is 37.9 Å². The number of hydrogen-bond donors (Lipinski definition) is 2. The molecule has 0 aliphatic heterocycles. The topological polar surface area (TPSA) is 92.2 Å². The number of imidazole rings is 1. The third-order valence-electron chi connectivity index (χ3n) is 4.49. The lowest BCUT2D eigenvalue weighted by Crippen LogP contribution is -2.41. The molecule has 0 atom stereocenters. The standard InChI is InChI=1S/C21H24N6O2/c1-15-5-4-6-16(2)20(15)25-19(28)13-26(3)21(29)24-12-17-7-8-18(23-11-17)27-10-9-22-14-27/h4-11,14H,12-13H2,1-3H3,(H,24,29)(H,25,28). The van der Waals surface area contributed by atoms with E-state index in [1.165, 1.54) is 4.90 Å². The van der Waals surface area contributed by atoms with Crippen molar-refractivity contribution >= 4 is 17.6 Å². The van der Waals surface area contributed by atoms with Gasteiger partial charge in [-0.25, -0.2) is 14.8 Å². The van der Waals surface area contributed by atoms with Crippen molar-refractivity contribution in [2.24, 2.45) is 0 Å². The average molecular weight is 392 g/mol. The van der Waals surface area contributed by atoms with E-state index in [1.54, 1.807) is 30.3 Å². The number of carbonyl (C=O) groups excluding carboxylic acids is 2. The highest BCUT2D eigenvalue weighted by Gasteiger charge is 2.14. The average Bonchev–Trinajstić information content (AvgIpc) is 3.24. The zero-order valence-corrected chi connectivity index (χ0v) is 16.7. The zero-order chi connectivity index (χ0) is 20.8. The highest BCUT2D eigenvalue weighted by atomic mass is 16.2. The van der Waals surface area contributed by atoms with Crippen LogP contribution in [0.25, 0.3) is 5.82 Å². The molecule has 1 aromatic carbocycles. The van der Waals surface area contributed by atoms with E-state index in [9.17, 15) is 9.59 Å². The molecule has 0 aliphatic carbocycles. The molecule has 2 N–H and O–H groups in total. The summed E-state index contributed by atoms with van der Waals surface area (Å²) < 4.78 is 1.80. The maximum Gasteiger partial charge on any atom is 0.317 e. The summed E-state index contributed by atoms with van der Waals surface area (Å²) in [7, 11) is 1.58. The van der Waals surface area contributed by atoms with Gasteiger partial charge < -0.3 is 15.5 Å². The lowest BCUT2D eigenvalue weighted by Gasteiger charge is -2.18. The fraction of sp³-hybridized carbons (Fsp3) is 0.238. The van der Waals surface area contributed by atoms with Gasteiger partial charge in [-0.3, -0.25) is 9.36 Å². The Labute approximate surface area is 169 Å². The Morgan fingerprint density at radius 1 is 1.14 bits per heavy atom. The van der Waals surface area contributed by atoms with Gasteiger partial charge in [0.1, 0.15) is 18.7 Å². The molecule has 3 aromatic rings. The van der Waals surface area contributed by atoms with Crippen LogP contribution in [0.5, 0.6) is 0 Å². The molecule has 8 heteroatoms. The maximum absolute atomic E-state index is 12.3. The monoisotopic (exact) mass is 392 g/mol. The first-order valence-corrected chi connectivity index (χ1v) is 9.22. The van der Waals surface area contributed by atoms with E-state index in [0.29, 0.717) is 6.54 Å². The second kappa shape index (κ2) is 9.01. The van der Waals surface area contributed by atoms with Crippen LogP contribution in [0.1, 0.15) is 16.7 Å². The normalized spacial score (nSPS) is 10.4. The van der Waals surface area contributed by atoms with Crippen LogP contribution in [-0.4, -0.2) is 45.0 Å². The number of carbonyl (C=O) groups is 2. The quantitative estimate of drug-likeness (QED) is 0.675. The number of urea groups is 1. The predicted octanol–water partition coefficient (Wildman–Crippen LogP) is 2.66. The van der Waals surface area contributed by atoms with Crippen LogP contribution >= 0.6 is 0 Å². The molecule has 0 saturated heterocycles. The molecule has 150 valence electrons. The molecule has 0 saturated carbocycles. The van der Waals surface area contributed by atoms with Gasteiger partial charge in [0.15, 0.2) is 0 Å². The summed E-state index contributed by atoms with van der Waals surface area (Å²) in [6.45, 7) is 4.15. The third-order valence-corrected chi connectivity index (χ3v) is 4.49. The fourth-order valence-corrected chi connectivity index (χ4v) is 2.86. The predicted molar refractivity (Wildman–Crippen MR) is 111 cm³/mol. The molecule has 29 heavy (non-hydrogen) atoms. The van der Waals surface area contributed by atoms with Gasteiger partial charge in [0.05, 0.1) is 0 Å². The Morgan fingerprint density at radius 2 is 1.90 bits per heavy atom. The number of benzene rings is 1. The number of aryl methyl sites for hydroxylation is 2. The smallest absolute Gasteiger partial charge is 0.317 e. The van der Waals surface area contributed by atoms with Crippen molar-refractivity contribution in [2.45, 2.75) is 20.4 Å². The Bertz CT molecular complexity index is 963. The van der Waals surface area contributed by atoms with Crippen LogP contribution < -0.4 is 10.6 Å². The number of anilines is 1. The molecule has 0 fully saturated rings. The number of nitrogens with zero attached hydrogens (tertiary/aromatic N) is 4. The van der Waals surface area contributed by atoms with Crippen molar-refractivity contribution < 1.29 is 9.59 Å². The number of hydrogen-bond acceptors (Lipinski definition) is 4. The van der Waals surface area contributed by atoms with Gasteiger partial charge in [-0.2, -0.15) is 0 Å². The molecule has 2 aromatic heterocycles. The maximum atomic E-state index is 12.3. The number of pyridine rings is 1. The molecular weight excluding hydrogens is 368 g/mol. The molecule has 8 nitrogen and oxygen atoms in total. The van der Waals surface area contributed by atoms with Crippen molar-refractivity contribution in [3.63, 3.8) is 0 Å². The summed E-state index contributed by atoms with van der Waals surface area (Å²) in [4.78, 5) is 34.3. The third kappa shape index (κ3) is 5.19. The Kier molecular flexibility index (Phi) is 6.23. The van der Waals surface area contributed by atoms with Crippen LogP contribution in [-0.2, 0) is 11.3 Å². The first-order valence-electron chi connectivity index (χ1n) is 9.22. The van der Waals surface area contributed by atoms with Crippen molar-refractivity contribution in [2.75, 3.05) is 18.9 Å². The van der Waals surface area contributed by atoms with Gasteiger partial charge in [0.2, 0.25) is 5.91 Å². The summed E-state index contributed by atoms with van der Waals surface area (Å²) >= 11 is 0. The fourth-order valence-electron chi connectivity index (χ4n) is 2.86. The van der Waals surface area contributed by atoms with Crippen LogP contribution in [0.15, 0.2) is 55.2 Å². The summed E-state index contributed by atoms with van der Waals surface area (Å²) in [5.74, 6) is 0.504. The van der Waals surface area contributed by atoms with E-state index in [-0.39, 0.29) is 18.5 Å². The Hall–Kier alpha value is -3.68. The first kappa shape index (κ1) is 20.1. The summed E-state index contributed by atoms with van der Waals surface area (Å²) in [5, 5.41) is 5.67. The van der Waals surface area contributed by atoms with Crippen molar-refractivity contribution in [1.82, 2.24) is 24.8 Å². The molecular formula is C21H24N6O2. The summed E-state index contributed by atoms with van der Waals surface area (Å²) in [5.41, 5.74) is 3.61. The lowest BCUT2D eigenvalue weighted by molar-refractivity contribution is -0.116. The van der Waals surface area contributed by atoms with E-state index in [2.05, 4.69) is 20.6 Å². The summed E-state index contributed by atoms with van der Waals surface area (Å²) in [6.07, 6.45) is 6.86.